The van der Waals surface area contributed by atoms with Crippen LogP contribution in [0.4, 0.5) is 4.79 Å². The molecule has 2 aliphatic rings. The maximum absolute atomic E-state index is 12.0. The van der Waals surface area contributed by atoms with Gasteiger partial charge in [0.25, 0.3) is 0 Å². The van der Waals surface area contributed by atoms with Crippen molar-refractivity contribution in [2.75, 3.05) is 19.7 Å². The number of hydrogen-bond acceptors (Lipinski definition) is 4. The van der Waals surface area contributed by atoms with Gasteiger partial charge >= 0.3 is 6.09 Å². The van der Waals surface area contributed by atoms with E-state index in [9.17, 15) is 9.90 Å². The molecule has 1 amide bonds. The van der Waals surface area contributed by atoms with Gasteiger partial charge in [0.15, 0.2) is 0 Å². The molecule has 2 saturated heterocycles. The first-order chi connectivity index (χ1) is 8.73. The highest BCUT2D eigenvalue weighted by molar-refractivity contribution is 5.68. The highest BCUT2D eigenvalue weighted by Crippen LogP contribution is 2.42. The van der Waals surface area contributed by atoms with Crippen LogP contribution in [0.3, 0.4) is 0 Å². The van der Waals surface area contributed by atoms with Gasteiger partial charge in [-0.25, -0.2) is 4.79 Å². The second-order valence-electron chi connectivity index (χ2n) is 6.79. The number of ether oxygens (including phenoxy) is 2. The molecule has 1 unspecified atom stereocenters. The van der Waals surface area contributed by atoms with Crippen molar-refractivity contribution >= 4 is 6.09 Å². The smallest absolute Gasteiger partial charge is 0.410 e. The largest absolute Gasteiger partial charge is 0.444 e. The Labute approximate surface area is 114 Å². The van der Waals surface area contributed by atoms with Crippen LogP contribution in [0.5, 0.6) is 0 Å². The second-order valence-corrected chi connectivity index (χ2v) is 6.79. The van der Waals surface area contributed by atoms with Gasteiger partial charge < -0.3 is 19.5 Å². The zero-order valence-electron chi connectivity index (χ0n) is 12.3. The molecular weight excluding hydrogens is 246 g/mol. The first-order valence-corrected chi connectivity index (χ1v) is 7.01. The van der Waals surface area contributed by atoms with E-state index in [4.69, 9.17) is 9.47 Å². The molecule has 5 heteroatoms. The van der Waals surface area contributed by atoms with E-state index in [1.807, 2.05) is 27.7 Å². The number of rotatable bonds is 0. The number of carbonyl (C=O) groups is 1. The Bertz CT molecular complexity index is 342. The molecule has 1 N–H and O–H groups in total. The Kier molecular flexibility index (Phi) is 3.80. The van der Waals surface area contributed by atoms with Crippen LogP contribution < -0.4 is 0 Å². The van der Waals surface area contributed by atoms with E-state index >= 15 is 0 Å². The molecule has 0 aromatic carbocycles. The quantitative estimate of drug-likeness (QED) is 0.729. The highest BCUT2D eigenvalue weighted by Gasteiger charge is 2.49. The maximum atomic E-state index is 12.0. The Morgan fingerprint density at radius 3 is 2.37 bits per heavy atom. The molecule has 0 radical (unpaired) electrons. The Hall–Kier alpha value is -0.810. The summed E-state index contributed by atoms with van der Waals surface area (Å²) < 4.78 is 10.9. The van der Waals surface area contributed by atoms with Crippen molar-refractivity contribution < 1.29 is 19.4 Å². The number of aliphatic hydroxyl groups excluding tert-OH is 1. The van der Waals surface area contributed by atoms with E-state index in [1.165, 1.54) is 0 Å². The standard InChI is InChI=1S/C14H25NO4/c1-10-11(16)14(9-18-10)5-7-15(8-6-14)12(17)19-13(2,3)4/h10-11,16H,5-9H2,1-4H3/t10-,11?/m0/s1. The van der Waals surface area contributed by atoms with Gasteiger partial charge in [-0.3, -0.25) is 0 Å². The molecule has 19 heavy (non-hydrogen) atoms. The highest BCUT2D eigenvalue weighted by atomic mass is 16.6. The third-order valence-electron chi connectivity index (χ3n) is 4.12. The summed E-state index contributed by atoms with van der Waals surface area (Å²) in [5.41, 5.74) is -0.630. The zero-order chi connectivity index (χ0) is 14.3. The summed E-state index contributed by atoms with van der Waals surface area (Å²) in [4.78, 5) is 13.7. The number of amides is 1. The fraction of sp³-hybridized carbons (Fsp3) is 0.929. The Morgan fingerprint density at radius 1 is 1.37 bits per heavy atom. The fourth-order valence-corrected chi connectivity index (χ4v) is 2.87. The molecule has 2 atom stereocenters. The average molecular weight is 271 g/mol. The molecule has 2 heterocycles. The van der Waals surface area contributed by atoms with Gasteiger partial charge in [-0.1, -0.05) is 0 Å². The predicted octanol–water partition coefficient (Wildman–Crippen LogP) is 1.78. The van der Waals surface area contributed by atoms with Gasteiger partial charge in [0.2, 0.25) is 0 Å². The van der Waals surface area contributed by atoms with Crippen molar-refractivity contribution in [3.63, 3.8) is 0 Å². The van der Waals surface area contributed by atoms with E-state index in [2.05, 4.69) is 0 Å². The van der Waals surface area contributed by atoms with Gasteiger partial charge in [0.05, 0.1) is 18.8 Å². The van der Waals surface area contributed by atoms with Crippen LogP contribution in [0.2, 0.25) is 0 Å². The van der Waals surface area contributed by atoms with E-state index in [1.54, 1.807) is 4.90 Å². The minimum Gasteiger partial charge on any atom is -0.444 e. The summed E-state index contributed by atoms with van der Waals surface area (Å²) in [7, 11) is 0. The molecule has 0 bridgehead atoms. The van der Waals surface area contributed by atoms with Crippen LogP contribution in [-0.4, -0.2) is 53.6 Å². The number of piperidine rings is 1. The molecule has 110 valence electrons. The van der Waals surface area contributed by atoms with Gasteiger partial charge in [-0.05, 0) is 40.5 Å². The zero-order valence-corrected chi connectivity index (χ0v) is 12.3. The summed E-state index contributed by atoms with van der Waals surface area (Å²) in [5.74, 6) is 0. The summed E-state index contributed by atoms with van der Waals surface area (Å²) in [6, 6.07) is 0. The average Bonchev–Trinajstić information content (AvgIpc) is 2.57. The molecule has 1 spiro atoms. The van der Waals surface area contributed by atoms with Gasteiger partial charge in [0.1, 0.15) is 5.60 Å². The molecule has 2 rings (SSSR count). The van der Waals surface area contributed by atoms with Crippen molar-refractivity contribution in [2.24, 2.45) is 5.41 Å². The van der Waals surface area contributed by atoms with Crippen molar-refractivity contribution in [1.82, 2.24) is 4.90 Å². The summed E-state index contributed by atoms with van der Waals surface area (Å²) in [5, 5.41) is 10.2. The molecule has 0 aromatic rings. The fourth-order valence-electron chi connectivity index (χ4n) is 2.87. The van der Waals surface area contributed by atoms with Crippen molar-refractivity contribution in [1.29, 1.82) is 0 Å². The van der Waals surface area contributed by atoms with Crippen LogP contribution in [0.1, 0.15) is 40.5 Å². The normalized spacial score (nSPS) is 30.7. The Balaban J connectivity index is 1.91. The molecular formula is C14H25NO4. The molecule has 0 aliphatic carbocycles. The number of carbonyl (C=O) groups excluding carboxylic acids is 1. The van der Waals surface area contributed by atoms with Crippen molar-refractivity contribution in [3.8, 4) is 0 Å². The van der Waals surface area contributed by atoms with Gasteiger partial charge in [-0.2, -0.15) is 0 Å². The lowest BCUT2D eigenvalue weighted by atomic mass is 9.75. The van der Waals surface area contributed by atoms with Crippen LogP contribution in [-0.2, 0) is 9.47 Å². The van der Waals surface area contributed by atoms with Gasteiger partial charge in [-0.15, -0.1) is 0 Å². The van der Waals surface area contributed by atoms with Crippen molar-refractivity contribution in [2.45, 2.75) is 58.3 Å². The first kappa shape index (κ1) is 14.6. The number of nitrogens with zero attached hydrogens (tertiary/aromatic N) is 1. The lowest BCUT2D eigenvalue weighted by Crippen LogP contribution is -2.49. The van der Waals surface area contributed by atoms with E-state index in [-0.39, 0.29) is 17.6 Å². The van der Waals surface area contributed by atoms with Gasteiger partial charge in [0, 0.05) is 18.5 Å². The van der Waals surface area contributed by atoms with Crippen LogP contribution >= 0.6 is 0 Å². The van der Waals surface area contributed by atoms with E-state index < -0.39 is 11.7 Å². The predicted molar refractivity (Wildman–Crippen MR) is 70.9 cm³/mol. The summed E-state index contributed by atoms with van der Waals surface area (Å²) >= 11 is 0. The Morgan fingerprint density at radius 2 is 1.95 bits per heavy atom. The third kappa shape index (κ3) is 3.03. The number of aliphatic hydroxyl groups is 1. The van der Waals surface area contributed by atoms with Crippen LogP contribution in [0.15, 0.2) is 0 Å². The molecule has 5 nitrogen and oxygen atoms in total. The van der Waals surface area contributed by atoms with Crippen LogP contribution in [0.25, 0.3) is 0 Å². The van der Waals surface area contributed by atoms with Crippen LogP contribution in [0, 0.1) is 5.41 Å². The number of likely N-dealkylation sites (tertiary alicyclic amines) is 1. The summed E-state index contributed by atoms with van der Waals surface area (Å²) in [6.07, 6.45) is 0.764. The minimum atomic E-state index is -0.462. The molecule has 0 saturated carbocycles. The maximum Gasteiger partial charge on any atom is 0.410 e. The lowest BCUT2D eigenvalue weighted by Gasteiger charge is -2.40. The first-order valence-electron chi connectivity index (χ1n) is 7.01. The topological polar surface area (TPSA) is 59.0 Å². The van der Waals surface area contributed by atoms with E-state index in [0.717, 1.165) is 12.8 Å². The van der Waals surface area contributed by atoms with Crippen molar-refractivity contribution in [3.05, 3.63) is 0 Å². The third-order valence-corrected chi connectivity index (χ3v) is 4.12. The van der Waals surface area contributed by atoms with E-state index in [0.29, 0.717) is 19.7 Å². The second kappa shape index (κ2) is 4.94. The minimum absolute atomic E-state index is 0.104. The number of hydrogen-bond donors (Lipinski definition) is 1. The lowest BCUT2D eigenvalue weighted by molar-refractivity contribution is -0.0162. The SMILES string of the molecule is C[C@@H]1OCC2(CCN(C(=O)OC(C)(C)C)CC2)C1O. The molecule has 2 fully saturated rings. The summed E-state index contributed by atoms with van der Waals surface area (Å²) in [6.45, 7) is 9.35. The molecule has 0 aromatic heterocycles. The monoisotopic (exact) mass is 271 g/mol. The molecule has 2 aliphatic heterocycles.